The molecule has 0 saturated heterocycles. The molecule has 0 unspecified atom stereocenters. The Labute approximate surface area is 115 Å². The highest BCUT2D eigenvalue weighted by Gasteiger charge is 2.19. The summed E-state index contributed by atoms with van der Waals surface area (Å²) in [5.74, 6) is 0. The van der Waals surface area contributed by atoms with Crippen LogP contribution in [0.25, 0.3) is 0 Å². The Morgan fingerprint density at radius 3 is 2.65 bits per heavy atom. The number of anilines is 1. The quantitative estimate of drug-likeness (QED) is 0.813. The van der Waals surface area contributed by atoms with Crippen molar-refractivity contribution in [3.05, 3.63) is 27.3 Å². The maximum Gasteiger partial charge on any atom is 0.101 e. The van der Waals surface area contributed by atoms with Crippen molar-refractivity contribution in [2.75, 3.05) is 5.32 Å². The van der Waals surface area contributed by atoms with Gasteiger partial charge < -0.3 is 10.4 Å². The SMILES string of the molecule is N#Cc1ccc(I)cc1N[C@H]1CC[C@H](O)CC1. The Kier molecular flexibility index (Phi) is 4.24. The van der Waals surface area contributed by atoms with Gasteiger partial charge in [-0.1, -0.05) is 0 Å². The Morgan fingerprint density at radius 2 is 2.00 bits per heavy atom. The normalized spacial score (nSPS) is 24.1. The molecule has 0 radical (unpaired) electrons. The molecule has 4 heteroatoms. The number of rotatable bonds is 2. The topological polar surface area (TPSA) is 56.0 Å². The van der Waals surface area contributed by atoms with E-state index in [1.807, 2.05) is 18.2 Å². The summed E-state index contributed by atoms with van der Waals surface area (Å²) in [4.78, 5) is 0. The summed E-state index contributed by atoms with van der Waals surface area (Å²) in [5, 5.41) is 21.9. The van der Waals surface area contributed by atoms with Crippen molar-refractivity contribution >= 4 is 28.3 Å². The molecule has 3 nitrogen and oxygen atoms in total. The monoisotopic (exact) mass is 342 g/mol. The number of hydrogen-bond donors (Lipinski definition) is 2. The lowest BCUT2D eigenvalue weighted by Gasteiger charge is -2.27. The summed E-state index contributed by atoms with van der Waals surface area (Å²) >= 11 is 2.25. The summed E-state index contributed by atoms with van der Waals surface area (Å²) in [6.07, 6.45) is 3.50. The van der Waals surface area contributed by atoms with Gasteiger partial charge in [0.15, 0.2) is 0 Å². The van der Waals surface area contributed by atoms with Gasteiger partial charge in [-0.3, -0.25) is 0 Å². The number of aliphatic hydroxyl groups excluding tert-OH is 1. The molecule has 90 valence electrons. The summed E-state index contributed by atoms with van der Waals surface area (Å²) in [7, 11) is 0. The molecule has 1 aliphatic carbocycles. The van der Waals surface area contributed by atoms with Crippen LogP contribution in [-0.4, -0.2) is 17.3 Å². The maximum atomic E-state index is 9.46. The fourth-order valence-corrected chi connectivity index (χ4v) is 2.66. The average molecular weight is 342 g/mol. The van der Waals surface area contributed by atoms with E-state index in [4.69, 9.17) is 5.26 Å². The van der Waals surface area contributed by atoms with Gasteiger partial charge in [0.05, 0.1) is 17.4 Å². The number of halogens is 1. The lowest BCUT2D eigenvalue weighted by atomic mass is 9.93. The molecule has 0 aliphatic heterocycles. The van der Waals surface area contributed by atoms with E-state index >= 15 is 0 Å². The number of hydrogen-bond acceptors (Lipinski definition) is 3. The van der Waals surface area contributed by atoms with Crippen LogP contribution in [0.2, 0.25) is 0 Å². The zero-order valence-electron chi connectivity index (χ0n) is 9.49. The van der Waals surface area contributed by atoms with E-state index in [1.165, 1.54) is 0 Å². The molecule has 1 aliphatic rings. The van der Waals surface area contributed by atoms with E-state index in [0.717, 1.165) is 34.9 Å². The van der Waals surface area contributed by atoms with Crippen molar-refractivity contribution in [1.29, 1.82) is 5.26 Å². The first-order valence-electron chi connectivity index (χ1n) is 5.83. The lowest BCUT2D eigenvalue weighted by Crippen LogP contribution is -2.28. The molecule has 0 amide bonds. The molecule has 0 heterocycles. The van der Waals surface area contributed by atoms with Crippen LogP contribution in [0.3, 0.4) is 0 Å². The highest BCUT2D eigenvalue weighted by molar-refractivity contribution is 14.1. The number of benzene rings is 1. The minimum Gasteiger partial charge on any atom is -0.393 e. The van der Waals surface area contributed by atoms with Crippen molar-refractivity contribution in [2.45, 2.75) is 37.8 Å². The van der Waals surface area contributed by atoms with Gasteiger partial charge in [-0.15, -0.1) is 0 Å². The largest absolute Gasteiger partial charge is 0.393 e. The van der Waals surface area contributed by atoms with Crippen LogP contribution in [-0.2, 0) is 0 Å². The predicted molar refractivity (Wildman–Crippen MR) is 75.8 cm³/mol. The fourth-order valence-electron chi connectivity index (χ4n) is 2.17. The van der Waals surface area contributed by atoms with Gasteiger partial charge in [0, 0.05) is 9.61 Å². The third-order valence-corrected chi connectivity index (χ3v) is 3.83. The van der Waals surface area contributed by atoms with Crippen molar-refractivity contribution in [2.24, 2.45) is 0 Å². The lowest BCUT2D eigenvalue weighted by molar-refractivity contribution is 0.126. The zero-order valence-corrected chi connectivity index (χ0v) is 11.6. The fraction of sp³-hybridized carbons (Fsp3) is 0.462. The Hall–Kier alpha value is -0.800. The second-order valence-electron chi connectivity index (χ2n) is 4.45. The number of nitriles is 1. The molecule has 2 N–H and O–H groups in total. The molecule has 1 aromatic rings. The van der Waals surface area contributed by atoms with E-state index in [2.05, 4.69) is 34.0 Å². The van der Waals surface area contributed by atoms with Crippen LogP contribution in [0.5, 0.6) is 0 Å². The van der Waals surface area contributed by atoms with Gasteiger partial charge in [-0.25, -0.2) is 0 Å². The van der Waals surface area contributed by atoms with Crippen molar-refractivity contribution in [3.63, 3.8) is 0 Å². The third-order valence-electron chi connectivity index (χ3n) is 3.16. The Balaban J connectivity index is 2.08. The van der Waals surface area contributed by atoms with E-state index in [0.29, 0.717) is 11.6 Å². The molecule has 2 rings (SSSR count). The standard InChI is InChI=1S/C13H15IN2O/c14-10-2-1-9(8-15)13(7-10)16-11-3-5-12(17)6-4-11/h1-2,7,11-12,16-17H,3-6H2/t11-,12-. The van der Waals surface area contributed by atoms with Crippen LogP contribution in [0.15, 0.2) is 18.2 Å². The molecule has 0 aromatic heterocycles. The molecule has 1 saturated carbocycles. The minimum atomic E-state index is -0.139. The minimum absolute atomic E-state index is 0.139. The molecule has 1 aromatic carbocycles. The highest BCUT2D eigenvalue weighted by atomic mass is 127. The summed E-state index contributed by atoms with van der Waals surface area (Å²) in [6, 6.07) is 8.38. The summed E-state index contributed by atoms with van der Waals surface area (Å²) in [6.45, 7) is 0. The summed E-state index contributed by atoms with van der Waals surface area (Å²) < 4.78 is 1.12. The Bertz CT molecular complexity index is 434. The number of aliphatic hydroxyl groups is 1. The van der Waals surface area contributed by atoms with Gasteiger partial charge in [0.25, 0.3) is 0 Å². The molecule has 17 heavy (non-hydrogen) atoms. The first-order chi connectivity index (χ1) is 8.19. The van der Waals surface area contributed by atoms with Crippen LogP contribution in [0.4, 0.5) is 5.69 Å². The van der Waals surface area contributed by atoms with Crippen LogP contribution in [0.1, 0.15) is 31.2 Å². The van der Waals surface area contributed by atoms with Crippen molar-refractivity contribution in [1.82, 2.24) is 0 Å². The van der Waals surface area contributed by atoms with Crippen LogP contribution in [0, 0.1) is 14.9 Å². The van der Waals surface area contributed by atoms with Crippen molar-refractivity contribution in [3.8, 4) is 6.07 Å². The molecule has 0 bridgehead atoms. The van der Waals surface area contributed by atoms with E-state index in [-0.39, 0.29) is 6.10 Å². The van der Waals surface area contributed by atoms with Gasteiger partial charge >= 0.3 is 0 Å². The predicted octanol–water partition coefficient (Wildman–Crippen LogP) is 2.88. The maximum absolute atomic E-state index is 9.46. The molecular weight excluding hydrogens is 327 g/mol. The number of nitrogens with zero attached hydrogens (tertiary/aromatic N) is 1. The number of nitrogens with one attached hydrogen (secondary N) is 1. The van der Waals surface area contributed by atoms with Gasteiger partial charge in [-0.2, -0.15) is 5.26 Å². The van der Waals surface area contributed by atoms with E-state index in [1.54, 1.807) is 0 Å². The first kappa shape index (κ1) is 12.7. The molecule has 1 fully saturated rings. The summed E-state index contributed by atoms with van der Waals surface area (Å²) in [5.41, 5.74) is 1.61. The van der Waals surface area contributed by atoms with Crippen LogP contribution < -0.4 is 5.32 Å². The van der Waals surface area contributed by atoms with Gasteiger partial charge in [0.2, 0.25) is 0 Å². The second kappa shape index (κ2) is 5.69. The smallest absolute Gasteiger partial charge is 0.101 e. The van der Waals surface area contributed by atoms with Gasteiger partial charge in [0.1, 0.15) is 6.07 Å². The Morgan fingerprint density at radius 1 is 1.29 bits per heavy atom. The van der Waals surface area contributed by atoms with Crippen molar-refractivity contribution < 1.29 is 5.11 Å². The van der Waals surface area contributed by atoms with E-state index in [9.17, 15) is 5.11 Å². The third kappa shape index (κ3) is 3.33. The molecule has 0 spiro atoms. The zero-order chi connectivity index (χ0) is 12.3. The van der Waals surface area contributed by atoms with Crippen LogP contribution >= 0.6 is 22.6 Å². The van der Waals surface area contributed by atoms with E-state index < -0.39 is 0 Å². The first-order valence-corrected chi connectivity index (χ1v) is 6.91. The molecule has 0 atom stereocenters. The average Bonchev–Trinajstić information content (AvgIpc) is 2.32. The van der Waals surface area contributed by atoms with Gasteiger partial charge in [-0.05, 0) is 66.5 Å². The second-order valence-corrected chi connectivity index (χ2v) is 5.70. The highest BCUT2D eigenvalue weighted by Crippen LogP contribution is 2.25. The molecular formula is C13H15IN2O.